The molecule has 0 aliphatic carbocycles. The third-order valence-electron chi connectivity index (χ3n) is 3.35. The largest absolute Gasteiger partial charge is 0.473 e. The van der Waals surface area contributed by atoms with Gasteiger partial charge in [-0.05, 0) is 17.7 Å². The van der Waals surface area contributed by atoms with E-state index >= 15 is 0 Å². The van der Waals surface area contributed by atoms with Gasteiger partial charge in [0.2, 0.25) is 0 Å². The van der Waals surface area contributed by atoms with Crippen molar-refractivity contribution in [1.82, 2.24) is 9.88 Å². The van der Waals surface area contributed by atoms with Crippen LogP contribution in [0.5, 0.6) is 5.19 Å². The first-order chi connectivity index (χ1) is 10.7. The molecule has 1 N–H and O–H groups in total. The number of hydrogen-bond donors (Lipinski definition) is 1. The summed E-state index contributed by atoms with van der Waals surface area (Å²) in [6, 6.07) is 8.05. The molecule has 0 bridgehead atoms. The van der Waals surface area contributed by atoms with Gasteiger partial charge < -0.3 is 19.7 Å². The quantitative estimate of drug-likeness (QED) is 0.887. The Hall–Kier alpha value is -2.28. The fourth-order valence-electron chi connectivity index (χ4n) is 2.17. The molecule has 0 radical (unpaired) electrons. The van der Waals surface area contributed by atoms with Crippen LogP contribution in [0.25, 0.3) is 0 Å². The molecular weight excluding hydrogens is 302 g/mol. The highest BCUT2D eigenvalue weighted by atomic mass is 32.1. The molecule has 0 unspecified atom stereocenters. The van der Waals surface area contributed by atoms with Crippen LogP contribution in [0.1, 0.15) is 10.4 Å². The van der Waals surface area contributed by atoms with Crippen molar-refractivity contribution >= 4 is 23.1 Å². The lowest BCUT2D eigenvalue weighted by Crippen LogP contribution is -2.23. The summed E-state index contributed by atoms with van der Waals surface area (Å²) in [6.45, 7) is 2.44. The summed E-state index contributed by atoms with van der Waals surface area (Å²) in [4.78, 5) is 18.4. The Morgan fingerprint density at radius 3 is 2.86 bits per heavy atom. The van der Waals surface area contributed by atoms with Crippen molar-refractivity contribution < 1.29 is 14.3 Å². The molecule has 1 aliphatic heterocycles. The number of thiazole rings is 1. The first kappa shape index (κ1) is 14.6. The second-order valence-electron chi connectivity index (χ2n) is 4.88. The average Bonchev–Trinajstić information content (AvgIpc) is 3.16. The van der Waals surface area contributed by atoms with Crippen molar-refractivity contribution in [2.75, 3.05) is 25.6 Å². The minimum atomic E-state index is -0.235. The number of carbonyl (C=O) groups excluding carboxylic acids is 1. The molecule has 1 aromatic carbocycles. The van der Waals surface area contributed by atoms with E-state index in [1.165, 1.54) is 11.3 Å². The standard InChI is InChI=1S/C15H17N3O3S/c1-20-14-17-9-13(22-14)8-16-12-4-2-11(3-5-12)10-18-6-7-21-15(18)19/h2-5,9,16H,6-8,10H2,1H3. The zero-order valence-electron chi connectivity index (χ0n) is 12.2. The molecular formula is C15H17N3O3S. The van der Waals surface area contributed by atoms with E-state index in [-0.39, 0.29) is 6.09 Å². The molecule has 2 aromatic rings. The maximum atomic E-state index is 11.4. The van der Waals surface area contributed by atoms with Gasteiger partial charge in [-0.15, -0.1) is 0 Å². The van der Waals surface area contributed by atoms with Gasteiger partial charge in [-0.25, -0.2) is 9.78 Å². The van der Waals surface area contributed by atoms with Crippen LogP contribution in [0.4, 0.5) is 10.5 Å². The second kappa shape index (κ2) is 6.65. The highest BCUT2D eigenvalue weighted by molar-refractivity contribution is 7.13. The summed E-state index contributed by atoms with van der Waals surface area (Å²) < 4.78 is 9.99. The van der Waals surface area contributed by atoms with Gasteiger partial charge in [0, 0.05) is 23.3 Å². The van der Waals surface area contributed by atoms with Gasteiger partial charge >= 0.3 is 6.09 Å². The molecule has 1 aromatic heterocycles. The van der Waals surface area contributed by atoms with Crippen LogP contribution < -0.4 is 10.1 Å². The van der Waals surface area contributed by atoms with Gasteiger partial charge in [0.15, 0.2) is 0 Å². The number of anilines is 1. The molecule has 0 atom stereocenters. The van der Waals surface area contributed by atoms with E-state index in [9.17, 15) is 4.79 Å². The summed E-state index contributed by atoms with van der Waals surface area (Å²) >= 11 is 1.52. The third-order valence-corrected chi connectivity index (χ3v) is 4.30. The number of hydrogen-bond acceptors (Lipinski definition) is 6. The summed E-state index contributed by atoms with van der Waals surface area (Å²) in [5, 5.41) is 4.01. The Kier molecular flexibility index (Phi) is 4.43. The fourth-order valence-corrected chi connectivity index (χ4v) is 2.84. The Morgan fingerprint density at radius 1 is 1.41 bits per heavy atom. The summed E-state index contributed by atoms with van der Waals surface area (Å²) in [6.07, 6.45) is 1.57. The number of ether oxygens (including phenoxy) is 2. The van der Waals surface area contributed by atoms with E-state index in [0.717, 1.165) is 16.1 Å². The van der Waals surface area contributed by atoms with E-state index < -0.39 is 0 Å². The molecule has 0 spiro atoms. The first-order valence-electron chi connectivity index (χ1n) is 6.98. The first-order valence-corrected chi connectivity index (χ1v) is 7.79. The lowest BCUT2D eigenvalue weighted by Gasteiger charge is -2.13. The summed E-state index contributed by atoms with van der Waals surface area (Å²) in [7, 11) is 1.62. The average molecular weight is 319 g/mol. The number of cyclic esters (lactones) is 1. The molecule has 1 aliphatic rings. The topological polar surface area (TPSA) is 63.7 Å². The lowest BCUT2D eigenvalue weighted by molar-refractivity contribution is 0.157. The molecule has 0 saturated carbocycles. The number of amides is 1. The molecule has 1 amide bonds. The van der Waals surface area contributed by atoms with Crippen LogP contribution in [-0.2, 0) is 17.8 Å². The van der Waals surface area contributed by atoms with E-state index in [0.29, 0.717) is 31.4 Å². The maximum absolute atomic E-state index is 11.4. The van der Waals surface area contributed by atoms with E-state index in [1.54, 1.807) is 12.0 Å². The molecule has 7 heteroatoms. The Bertz CT molecular complexity index is 642. The number of rotatable bonds is 6. The van der Waals surface area contributed by atoms with Gasteiger partial charge in [0.25, 0.3) is 5.19 Å². The van der Waals surface area contributed by atoms with Crippen molar-refractivity contribution in [2.45, 2.75) is 13.1 Å². The maximum Gasteiger partial charge on any atom is 0.410 e. The van der Waals surface area contributed by atoms with Gasteiger partial charge in [-0.2, -0.15) is 0 Å². The number of nitrogens with one attached hydrogen (secondary N) is 1. The van der Waals surface area contributed by atoms with Gasteiger partial charge in [-0.3, -0.25) is 0 Å². The SMILES string of the molecule is COc1ncc(CNc2ccc(CN3CCOC3=O)cc2)s1. The molecule has 1 saturated heterocycles. The number of benzene rings is 1. The number of methoxy groups -OCH3 is 1. The zero-order valence-corrected chi connectivity index (χ0v) is 13.1. The fraction of sp³-hybridized carbons (Fsp3) is 0.333. The Morgan fingerprint density at radius 2 is 2.23 bits per heavy atom. The van der Waals surface area contributed by atoms with Crippen LogP contribution in [0, 0.1) is 0 Å². The Labute approximate surface area is 132 Å². The van der Waals surface area contributed by atoms with E-state index in [4.69, 9.17) is 9.47 Å². The minimum absolute atomic E-state index is 0.235. The highest BCUT2D eigenvalue weighted by Crippen LogP contribution is 2.21. The van der Waals surface area contributed by atoms with E-state index in [1.807, 2.05) is 30.5 Å². The molecule has 6 nitrogen and oxygen atoms in total. The minimum Gasteiger partial charge on any atom is -0.473 e. The molecule has 3 rings (SSSR count). The van der Waals surface area contributed by atoms with Crippen LogP contribution in [0.2, 0.25) is 0 Å². The predicted molar refractivity (Wildman–Crippen MR) is 84.2 cm³/mol. The predicted octanol–water partition coefficient (Wildman–Crippen LogP) is 2.72. The van der Waals surface area contributed by atoms with Crippen molar-refractivity contribution in [2.24, 2.45) is 0 Å². The number of carbonyl (C=O) groups is 1. The van der Waals surface area contributed by atoms with Crippen LogP contribution in [0.3, 0.4) is 0 Å². The highest BCUT2D eigenvalue weighted by Gasteiger charge is 2.21. The normalized spacial score (nSPS) is 14.0. The molecule has 22 heavy (non-hydrogen) atoms. The van der Waals surface area contributed by atoms with Crippen LogP contribution >= 0.6 is 11.3 Å². The lowest BCUT2D eigenvalue weighted by atomic mass is 10.2. The van der Waals surface area contributed by atoms with Gasteiger partial charge in [-0.1, -0.05) is 23.5 Å². The van der Waals surface area contributed by atoms with Crippen LogP contribution in [-0.4, -0.2) is 36.2 Å². The monoisotopic (exact) mass is 319 g/mol. The van der Waals surface area contributed by atoms with Crippen molar-refractivity contribution in [3.05, 3.63) is 40.9 Å². The van der Waals surface area contributed by atoms with Gasteiger partial charge in [0.05, 0.1) is 20.2 Å². The third kappa shape index (κ3) is 3.48. The Balaban J connectivity index is 1.53. The van der Waals surface area contributed by atoms with Crippen LogP contribution in [0.15, 0.2) is 30.5 Å². The molecule has 116 valence electrons. The van der Waals surface area contributed by atoms with Crippen molar-refractivity contribution in [1.29, 1.82) is 0 Å². The summed E-state index contributed by atoms with van der Waals surface area (Å²) in [5.74, 6) is 0. The van der Waals surface area contributed by atoms with Crippen molar-refractivity contribution in [3.8, 4) is 5.19 Å². The van der Waals surface area contributed by atoms with Crippen molar-refractivity contribution in [3.63, 3.8) is 0 Å². The summed E-state index contributed by atoms with van der Waals surface area (Å²) in [5.41, 5.74) is 2.11. The van der Waals surface area contributed by atoms with Gasteiger partial charge in [0.1, 0.15) is 6.61 Å². The number of nitrogens with zero attached hydrogens (tertiary/aromatic N) is 2. The number of aromatic nitrogens is 1. The smallest absolute Gasteiger partial charge is 0.410 e. The molecule has 2 heterocycles. The second-order valence-corrected chi connectivity index (χ2v) is 5.96. The zero-order chi connectivity index (χ0) is 15.4. The van der Waals surface area contributed by atoms with E-state index in [2.05, 4.69) is 10.3 Å². The molecule has 1 fully saturated rings.